The Morgan fingerprint density at radius 3 is 2.64 bits per heavy atom. The van der Waals surface area contributed by atoms with E-state index >= 15 is 0 Å². The molecule has 0 saturated heterocycles. The smallest absolute Gasteiger partial charge is 0.280 e. The summed E-state index contributed by atoms with van der Waals surface area (Å²) in [7, 11) is 0. The maximum Gasteiger partial charge on any atom is 0.280 e. The van der Waals surface area contributed by atoms with Crippen molar-refractivity contribution in [3.8, 4) is 0 Å². The molecule has 0 radical (unpaired) electrons. The monoisotopic (exact) mass is 338 g/mol. The van der Waals surface area contributed by atoms with Gasteiger partial charge in [-0.1, -0.05) is 31.2 Å². The summed E-state index contributed by atoms with van der Waals surface area (Å²) in [5.74, 6) is 0. The summed E-state index contributed by atoms with van der Waals surface area (Å²) >= 11 is 0. The lowest BCUT2D eigenvalue weighted by Crippen LogP contribution is -2.18. The van der Waals surface area contributed by atoms with E-state index in [0.29, 0.717) is 10.9 Å². The highest BCUT2D eigenvalue weighted by Crippen LogP contribution is 2.36. The van der Waals surface area contributed by atoms with Gasteiger partial charge in [0.15, 0.2) is 0 Å². The lowest BCUT2D eigenvalue weighted by molar-refractivity contribution is -0.383. The van der Waals surface area contributed by atoms with Gasteiger partial charge in [-0.25, -0.2) is 4.98 Å². The van der Waals surface area contributed by atoms with Gasteiger partial charge in [-0.05, 0) is 38.1 Å². The highest BCUT2D eigenvalue weighted by atomic mass is 16.6. The van der Waals surface area contributed by atoms with Crippen molar-refractivity contribution >= 4 is 33.2 Å². The molecule has 25 heavy (non-hydrogen) atoms. The van der Waals surface area contributed by atoms with Gasteiger partial charge in [0.05, 0.1) is 21.6 Å². The molecule has 0 aliphatic rings. The second-order valence-electron chi connectivity index (χ2n) is 5.96. The molecular weight excluding hydrogens is 316 g/mol. The van der Waals surface area contributed by atoms with Gasteiger partial charge in [0.1, 0.15) is 5.39 Å². The summed E-state index contributed by atoms with van der Waals surface area (Å²) in [5.41, 5.74) is 2.35. The molecule has 0 aliphatic carbocycles. The SMILES string of the molecule is CCCNCCCNc1c2ccccc2nc2cccc([N+](=O)[O-])c12. The zero-order chi connectivity index (χ0) is 17.6. The van der Waals surface area contributed by atoms with Crippen LogP contribution in [0, 0.1) is 10.1 Å². The average molecular weight is 338 g/mol. The van der Waals surface area contributed by atoms with Crippen LogP contribution in [0.5, 0.6) is 0 Å². The summed E-state index contributed by atoms with van der Waals surface area (Å²) in [5, 5.41) is 19.8. The number of non-ortho nitro benzene ring substituents is 1. The molecule has 0 amide bonds. The van der Waals surface area contributed by atoms with Gasteiger partial charge < -0.3 is 10.6 Å². The van der Waals surface area contributed by atoms with Crippen LogP contribution in [-0.4, -0.2) is 29.5 Å². The third kappa shape index (κ3) is 3.69. The summed E-state index contributed by atoms with van der Waals surface area (Å²) in [4.78, 5) is 15.7. The van der Waals surface area contributed by atoms with Crippen molar-refractivity contribution in [2.24, 2.45) is 0 Å². The molecule has 0 fully saturated rings. The molecule has 2 aromatic carbocycles. The number of nitro benzene ring substituents is 1. The molecule has 0 spiro atoms. The van der Waals surface area contributed by atoms with Crippen LogP contribution in [0.15, 0.2) is 42.5 Å². The predicted octanol–water partition coefficient (Wildman–Crippen LogP) is 4.10. The number of fused-ring (bicyclic) bond motifs is 2. The molecule has 0 aliphatic heterocycles. The average Bonchev–Trinajstić information content (AvgIpc) is 2.63. The minimum Gasteiger partial charge on any atom is -0.384 e. The molecule has 2 N–H and O–H groups in total. The Bertz CT molecular complexity index is 895. The number of nitrogens with zero attached hydrogens (tertiary/aromatic N) is 2. The van der Waals surface area contributed by atoms with Gasteiger partial charge in [-0.3, -0.25) is 10.1 Å². The number of anilines is 1. The minimum absolute atomic E-state index is 0.0855. The molecule has 130 valence electrons. The van der Waals surface area contributed by atoms with Gasteiger partial charge in [0.2, 0.25) is 0 Å². The first-order valence-corrected chi connectivity index (χ1v) is 8.63. The standard InChI is InChI=1S/C19H22N4O2/c1-2-11-20-12-6-13-21-19-14-7-3-4-8-15(14)22-16-9-5-10-17(18(16)19)23(24)25/h3-5,7-10,20H,2,6,11-13H2,1H3,(H,21,22). The van der Waals surface area contributed by atoms with Crippen molar-refractivity contribution in [1.29, 1.82) is 0 Å². The van der Waals surface area contributed by atoms with Crippen LogP contribution in [0.2, 0.25) is 0 Å². The molecule has 0 atom stereocenters. The van der Waals surface area contributed by atoms with Crippen LogP contribution in [0.25, 0.3) is 21.8 Å². The van der Waals surface area contributed by atoms with Crippen LogP contribution >= 0.6 is 0 Å². The first-order valence-electron chi connectivity index (χ1n) is 8.63. The molecule has 0 unspecified atom stereocenters. The molecule has 0 bridgehead atoms. The second kappa shape index (κ2) is 7.90. The van der Waals surface area contributed by atoms with Gasteiger partial charge in [0, 0.05) is 18.0 Å². The Labute approximate surface area is 146 Å². The van der Waals surface area contributed by atoms with E-state index in [1.807, 2.05) is 30.3 Å². The van der Waals surface area contributed by atoms with Crippen molar-refractivity contribution in [2.45, 2.75) is 19.8 Å². The molecule has 3 aromatic rings. The van der Waals surface area contributed by atoms with E-state index in [9.17, 15) is 10.1 Å². The molecule has 1 heterocycles. The number of benzene rings is 2. The summed E-state index contributed by atoms with van der Waals surface area (Å²) in [6.45, 7) is 4.81. The molecule has 6 heteroatoms. The van der Waals surface area contributed by atoms with E-state index in [1.54, 1.807) is 6.07 Å². The van der Waals surface area contributed by atoms with Gasteiger partial charge in [-0.15, -0.1) is 0 Å². The highest BCUT2D eigenvalue weighted by molar-refractivity contribution is 6.11. The minimum atomic E-state index is -0.341. The van der Waals surface area contributed by atoms with E-state index in [0.717, 1.165) is 49.1 Å². The number of rotatable bonds is 8. The van der Waals surface area contributed by atoms with E-state index in [2.05, 4.69) is 22.5 Å². The topological polar surface area (TPSA) is 80.1 Å². The van der Waals surface area contributed by atoms with Crippen LogP contribution in [0.4, 0.5) is 11.4 Å². The number of para-hydroxylation sites is 1. The van der Waals surface area contributed by atoms with E-state index in [-0.39, 0.29) is 10.6 Å². The largest absolute Gasteiger partial charge is 0.384 e. The molecule has 1 aromatic heterocycles. The van der Waals surface area contributed by atoms with Crippen molar-refractivity contribution in [1.82, 2.24) is 10.3 Å². The summed E-state index contributed by atoms with van der Waals surface area (Å²) in [6, 6.07) is 12.8. The highest BCUT2D eigenvalue weighted by Gasteiger charge is 2.18. The Hall–Kier alpha value is -2.73. The van der Waals surface area contributed by atoms with Crippen LogP contribution < -0.4 is 10.6 Å². The normalized spacial score (nSPS) is 11.1. The Kier molecular flexibility index (Phi) is 5.40. The number of hydrogen-bond acceptors (Lipinski definition) is 5. The lowest BCUT2D eigenvalue weighted by Gasteiger charge is -2.13. The maximum atomic E-state index is 11.5. The Morgan fingerprint density at radius 2 is 1.84 bits per heavy atom. The van der Waals surface area contributed by atoms with Crippen molar-refractivity contribution in [3.63, 3.8) is 0 Å². The van der Waals surface area contributed by atoms with Gasteiger partial charge in [-0.2, -0.15) is 0 Å². The third-order valence-corrected chi connectivity index (χ3v) is 4.14. The van der Waals surface area contributed by atoms with Gasteiger partial charge in [0.25, 0.3) is 5.69 Å². The van der Waals surface area contributed by atoms with E-state index < -0.39 is 0 Å². The van der Waals surface area contributed by atoms with E-state index in [4.69, 9.17) is 0 Å². The van der Waals surface area contributed by atoms with Crippen molar-refractivity contribution in [3.05, 3.63) is 52.6 Å². The fourth-order valence-electron chi connectivity index (χ4n) is 2.99. The predicted molar refractivity (Wildman–Crippen MR) is 102 cm³/mol. The second-order valence-corrected chi connectivity index (χ2v) is 5.96. The number of aromatic nitrogens is 1. The number of nitro groups is 1. The fourth-order valence-corrected chi connectivity index (χ4v) is 2.99. The first kappa shape index (κ1) is 17.1. The van der Waals surface area contributed by atoms with Crippen LogP contribution in [0.3, 0.4) is 0 Å². The van der Waals surface area contributed by atoms with Crippen molar-refractivity contribution in [2.75, 3.05) is 25.0 Å². The zero-order valence-electron chi connectivity index (χ0n) is 14.3. The maximum absolute atomic E-state index is 11.5. The molecule has 0 saturated carbocycles. The number of pyridine rings is 1. The number of nitrogens with one attached hydrogen (secondary N) is 2. The fraction of sp³-hybridized carbons (Fsp3) is 0.316. The summed E-state index contributed by atoms with van der Waals surface area (Å²) < 4.78 is 0. The lowest BCUT2D eigenvalue weighted by atomic mass is 10.1. The Morgan fingerprint density at radius 1 is 1.04 bits per heavy atom. The van der Waals surface area contributed by atoms with Crippen LogP contribution in [-0.2, 0) is 0 Å². The van der Waals surface area contributed by atoms with Crippen LogP contribution in [0.1, 0.15) is 19.8 Å². The third-order valence-electron chi connectivity index (χ3n) is 4.14. The molecule has 6 nitrogen and oxygen atoms in total. The molecular formula is C19H22N4O2. The zero-order valence-corrected chi connectivity index (χ0v) is 14.3. The summed E-state index contributed by atoms with van der Waals surface area (Å²) in [6.07, 6.45) is 2.05. The quantitative estimate of drug-likeness (QED) is 0.280. The number of hydrogen-bond donors (Lipinski definition) is 2. The Balaban J connectivity index is 2.00. The van der Waals surface area contributed by atoms with Crippen molar-refractivity contribution < 1.29 is 4.92 Å². The van der Waals surface area contributed by atoms with Gasteiger partial charge >= 0.3 is 0 Å². The van der Waals surface area contributed by atoms with E-state index in [1.165, 1.54) is 6.07 Å². The first-order chi connectivity index (χ1) is 12.2. The molecule has 3 rings (SSSR count).